The van der Waals surface area contributed by atoms with Gasteiger partial charge >= 0.3 is 0 Å². The zero-order valence-corrected chi connectivity index (χ0v) is 16.0. The zero-order chi connectivity index (χ0) is 18.4. The minimum Gasteiger partial charge on any atom is -0.319 e. The van der Waals surface area contributed by atoms with E-state index in [2.05, 4.69) is 63.9 Å². The van der Waals surface area contributed by atoms with Crippen LogP contribution in [0.15, 0.2) is 60.2 Å². The van der Waals surface area contributed by atoms with Crippen LogP contribution in [0.4, 0.5) is 0 Å². The zero-order valence-electron chi connectivity index (χ0n) is 15.2. The molecule has 5 aromatic rings. The van der Waals surface area contributed by atoms with Gasteiger partial charge in [-0.1, -0.05) is 23.8 Å². The van der Waals surface area contributed by atoms with Crippen LogP contribution in [0.5, 0.6) is 0 Å². The fraction of sp³-hybridized carbons (Fsp3) is 0.136. The number of aryl methyl sites for hydroxylation is 2. The molecule has 0 amide bonds. The van der Waals surface area contributed by atoms with Crippen molar-refractivity contribution in [3.05, 3.63) is 77.1 Å². The van der Waals surface area contributed by atoms with Crippen LogP contribution in [-0.2, 0) is 6.54 Å². The van der Waals surface area contributed by atoms with Crippen LogP contribution in [0.3, 0.4) is 0 Å². The van der Waals surface area contributed by atoms with Crippen molar-refractivity contribution in [2.75, 3.05) is 0 Å². The minimum absolute atomic E-state index is 0.746. The van der Waals surface area contributed by atoms with E-state index < -0.39 is 0 Å². The lowest BCUT2D eigenvalue weighted by Crippen LogP contribution is -2.03. The molecule has 132 valence electrons. The molecular formula is C22H18N4S. The van der Waals surface area contributed by atoms with Gasteiger partial charge in [0.25, 0.3) is 0 Å². The number of thiazole rings is 1. The van der Waals surface area contributed by atoms with Gasteiger partial charge in [-0.15, -0.1) is 11.3 Å². The molecule has 0 N–H and O–H groups in total. The van der Waals surface area contributed by atoms with E-state index in [-0.39, 0.29) is 0 Å². The van der Waals surface area contributed by atoms with Crippen LogP contribution in [-0.4, -0.2) is 19.5 Å². The van der Waals surface area contributed by atoms with Gasteiger partial charge in [0.2, 0.25) is 0 Å². The van der Waals surface area contributed by atoms with E-state index in [9.17, 15) is 0 Å². The normalized spacial score (nSPS) is 11.5. The summed E-state index contributed by atoms with van der Waals surface area (Å²) < 4.78 is 2.30. The Kier molecular flexibility index (Phi) is 3.76. The molecule has 4 nitrogen and oxygen atoms in total. The van der Waals surface area contributed by atoms with E-state index in [1.54, 1.807) is 11.3 Å². The van der Waals surface area contributed by atoms with Crippen molar-refractivity contribution in [2.24, 2.45) is 0 Å². The quantitative estimate of drug-likeness (QED) is 0.429. The molecule has 27 heavy (non-hydrogen) atoms. The monoisotopic (exact) mass is 370 g/mol. The molecule has 2 aromatic carbocycles. The lowest BCUT2D eigenvalue weighted by molar-refractivity contribution is 0.840. The molecule has 5 rings (SSSR count). The first-order chi connectivity index (χ1) is 13.2. The van der Waals surface area contributed by atoms with E-state index in [1.165, 1.54) is 16.5 Å². The average molecular weight is 370 g/mol. The number of rotatable bonds is 3. The highest BCUT2D eigenvalue weighted by Crippen LogP contribution is 2.31. The molecule has 0 aliphatic rings. The molecule has 0 saturated heterocycles. The second kappa shape index (κ2) is 6.28. The Morgan fingerprint density at radius 1 is 0.963 bits per heavy atom. The fourth-order valence-electron chi connectivity index (χ4n) is 3.55. The second-order valence-electron chi connectivity index (χ2n) is 6.77. The smallest absolute Gasteiger partial charge is 0.153 e. The van der Waals surface area contributed by atoms with Gasteiger partial charge < -0.3 is 4.57 Å². The number of aromatic nitrogens is 4. The molecule has 0 spiro atoms. The molecule has 0 aliphatic heterocycles. The molecular weight excluding hydrogens is 352 g/mol. The van der Waals surface area contributed by atoms with Gasteiger partial charge in [0.1, 0.15) is 0 Å². The van der Waals surface area contributed by atoms with Crippen molar-refractivity contribution in [3.63, 3.8) is 0 Å². The highest BCUT2D eigenvalue weighted by atomic mass is 32.1. The first-order valence-corrected chi connectivity index (χ1v) is 9.78. The number of nitrogens with zero attached hydrogens (tertiary/aromatic N) is 4. The lowest BCUT2D eigenvalue weighted by Gasteiger charge is -2.11. The molecule has 3 heterocycles. The Balaban J connectivity index is 1.74. The molecule has 5 heteroatoms. The SMILES string of the molecule is Cc1ccc2nccc(Cn3c(-c4scnc4C)nc4ccccc43)c2c1. The highest BCUT2D eigenvalue weighted by Gasteiger charge is 2.17. The Morgan fingerprint density at radius 2 is 1.85 bits per heavy atom. The summed E-state index contributed by atoms with van der Waals surface area (Å²) in [5.74, 6) is 0.980. The van der Waals surface area contributed by atoms with Crippen molar-refractivity contribution < 1.29 is 0 Å². The molecule has 0 radical (unpaired) electrons. The molecule has 0 fully saturated rings. The topological polar surface area (TPSA) is 43.6 Å². The molecule has 0 atom stereocenters. The second-order valence-corrected chi connectivity index (χ2v) is 7.62. The number of hydrogen-bond donors (Lipinski definition) is 0. The third-order valence-electron chi connectivity index (χ3n) is 4.92. The van der Waals surface area contributed by atoms with Gasteiger partial charge in [-0.05, 0) is 49.7 Å². The maximum absolute atomic E-state index is 4.93. The van der Waals surface area contributed by atoms with Crippen molar-refractivity contribution in [3.8, 4) is 10.7 Å². The molecule has 0 bridgehead atoms. The predicted octanol–water partition coefficient (Wildman–Crippen LogP) is 5.37. The van der Waals surface area contributed by atoms with Gasteiger partial charge in [0.05, 0.1) is 39.2 Å². The summed E-state index contributed by atoms with van der Waals surface area (Å²) in [6, 6.07) is 16.8. The number of fused-ring (bicyclic) bond motifs is 2. The summed E-state index contributed by atoms with van der Waals surface area (Å²) in [5.41, 5.74) is 8.57. The number of benzene rings is 2. The van der Waals surface area contributed by atoms with Gasteiger partial charge in [-0.2, -0.15) is 0 Å². The van der Waals surface area contributed by atoms with Crippen molar-refractivity contribution >= 4 is 33.3 Å². The molecule has 0 unspecified atom stereocenters. The van der Waals surface area contributed by atoms with E-state index in [0.29, 0.717) is 0 Å². The van der Waals surface area contributed by atoms with Crippen LogP contribution >= 0.6 is 11.3 Å². The highest BCUT2D eigenvalue weighted by molar-refractivity contribution is 7.13. The van der Waals surface area contributed by atoms with Gasteiger partial charge in [0.15, 0.2) is 5.82 Å². The van der Waals surface area contributed by atoms with E-state index in [0.717, 1.165) is 39.5 Å². The number of para-hydroxylation sites is 2. The van der Waals surface area contributed by atoms with Crippen molar-refractivity contribution in [2.45, 2.75) is 20.4 Å². The maximum atomic E-state index is 4.93. The van der Waals surface area contributed by atoms with E-state index >= 15 is 0 Å². The van der Waals surface area contributed by atoms with Crippen molar-refractivity contribution in [1.29, 1.82) is 0 Å². The maximum Gasteiger partial charge on any atom is 0.153 e. The number of imidazole rings is 1. The molecule has 0 saturated carbocycles. The third-order valence-corrected chi connectivity index (χ3v) is 5.84. The first-order valence-electron chi connectivity index (χ1n) is 8.91. The van der Waals surface area contributed by atoms with Crippen LogP contribution in [0, 0.1) is 13.8 Å². The number of hydrogen-bond acceptors (Lipinski definition) is 4. The van der Waals surface area contributed by atoms with E-state index in [1.807, 2.05) is 24.7 Å². The van der Waals surface area contributed by atoms with Gasteiger partial charge in [-0.25, -0.2) is 9.97 Å². The van der Waals surface area contributed by atoms with Crippen LogP contribution < -0.4 is 0 Å². The fourth-order valence-corrected chi connectivity index (χ4v) is 4.35. The average Bonchev–Trinajstić information content (AvgIpc) is 3.26. The van der Waals surface area contributed by atoms with Gasteiger partial charge in [0, 0.05) is 11.6 Å². The summed E-state index contributed by atoms with van der Waals surface area (Å²) in [6.07, 6.45) is 1.89. The largest absolute Gasteiger partial charge is 0.319 e. The number of pyridine rings is 1. The first kappa shape index (κ1) is 16.1. The third kappa shape index (κ3) is 2.71. The Hall–Kier alpha value is -3.05. The van der Waals surface area contributed by atoms with Crippen LogP contribution in [0.1, 0.15) is 16.8 Å². The van der Waals surface area contributed by atoms with Gasteiger partial charge in [-0.3, -0.25) is 4.98 Å². The Morgan fingerprint density at radius 3 is 2.70 bits per heavy atom. The van der Waals surface area contributed by atoms with E-state index in [4.69, 9.17) is 4.98 Å². The molecule has 0 aliphatic carbocycles. The summed E-state index contributed by atoms with van der Waals surface area (Å²) >= 11 is 1.64. The predicted molar refractivity (Wildman–Crippen MR) is 111 cm³/mol. The van der Waals surface area contributed by atoms with Crippen molar-refractivity contribution in [1.82, 2.24) is 19.5 Å². The Bertz CT molecular complexity index is 1280. The van der Waals surface area contributed by atoms with Crippen LogP contribution in [0.25, 0.3) is 32.6 Å². The molecule has 3 aromatic heterocycles. The summed E-state index contributed by atoms with van der Waals surface area (Å²) in [5, 5.41) is 1.20. The summed E-state index contributed by atoms with van der Waals surface area (Å²) in [7, 11) is 0. The Labute approximate surface area is 161 Å². The lowest BCUT2D eigenvalue weighted by atomic mass is 10.1. The van der Waals surface area contributed by atoms with Crippen LogP contribution in [0.2, 0.25) is 0 Å². The summed E-state index contributed by atoms with van der Waals surface area (Å²) in [6.45, 7) is 4.91. The minimum atomic E-state index is 0.746. The summed E-state index contributed by atoms with van der Waals surface area (Å²) in [4.78, 5) is 15.0. The standard InChI is InChI=1S/C22H18N4S/c1-14-7-8-18-17(11-14)16(9-10-23-18)12-26-20-6-4-3-5-19(20)25-22(26)21-15(2)24-13-27-21/h3-11,13H,12H2,1-2H3.